The summed E-state index contributed by atoms with van der Waals surface area (Å²) < 4.78 is 4.84. The SMILES string of the molecule is CC(C)(C)c1ccc2c(c1)c1ccccc1n2-c1cccc(-c2cccc(-c3cccc(-n4c5ccccc5c5cc(C(C)(C)C)ccc54)c3)c2)c1. The minimum atomic E-state index is 0.0848. The maximum absolute atomic E-state index is 2.42. The monoisotopic (exact) mass is 672 g/mol. The minimum Gasteiger partial charge on any atom is -0.309 e. The molecule has 9 rings (SSSR count). The third kappa shape index (κ3) is 5.33. The van der Waals surface area contributed by atoms with Crippen LogP contribution in [-0.2, 0) is 10.8 Å². The first kappa shape index (κ1) is 32.1. The Bertz CT molecular complexity index is 2620. The van der Waals surface area contributed by atoms with Crippen LogP contribution in [0.5, 0.6) is 0 Å². The molecule has 0 spiro atoms. The summed E-state index contributed by atoms with van der Waals surface area (Å²) in [5, 5.41) is 5.17. The van der Waals surface area contributed by atoms with Crippen molar-refractivity contribution < 1.29 is 0 Å². The van der Waals surface area contributed by atoms with Crippen molar-refractivity contribution in [3.8, 4) is 33.6 Å². The van der Waals surface area contributed by atoms with Gasteiger partial charge in [0.05, 0.1) is 22.1 Å². The molecule has 0 N–H and O–H groups in total. The summed E-state index contributed by atoms with van der Waals surface area (Å²) in [6, 6.07) is 58.5. The average Bonchev–Trinajstić information content (AvgIpc) is 3.67. The fourth-order valence-corrected chi connectivity index (χ4v) is 7.96. The fourth-order valence-electron chi connectivity index (χ4n) is 7.96. The highest BCUT2D eigenvalue weighted by Crippen LogP contribution is 2.38. The fraction of sp³-hybridized carbons (Fsp3) is 0.160. The Kier molecular flexibility index (Phi) is 7.31. The second kappa shape index (κ2) is 11.9. The molecule has 7 aromatic carbocycles. The highest BCUT2D eigenvalue weighted by molar-refractivity contribution is 6.10. The van der Waals surface area contributed by atoms with E-state index in [1.165, 1.54) is 88.4 Å². The van der Waals surface area contributed by atoms with Gasteiger partial charge in [-0.2, -0.15) is 0 Å². The van der Waals surface area contributed by atoms with Crippen molar-refractivity contribution >= 4 is 43.6 Å². The van der Waals surface area contributed by atoms with Gasteiger partial charge in [-0.15, -0.1) is 0 Å². The Morgan fingerprint density at radius 2 is 0.673 bits per heavy atom. The van der Waals surface area contributed by atoms with Crippen LogP contribution in [0.3, 0.4) is 0 Å². The second-order valence-electron chi connectivity index (χ2n) is 16.4. The van der Waals surface area contributed by atoms with E-state index in [0.717, 1.165) is 0 Å². The van der Waals surface area contributed by atoms with Gasteiger partial charge in [0, 0.05) is 32.9 Å². The number of hydrogen-bond acceptors (Lipinski definition) is 0. The molecule has 0 saturated carbocycles. The summed E-state index contributed by atoms with van der Waals surface area (Å²) in [6.45, 7) is 13.7. The third-order valence-electron chi connectivity index (χ3n) is 10.8. The Labute approximate surface area is 306 Å². The van der Waals surface area contributed by atoms with E-state index < -0.39 is 0 Å². The van der Waals surface area contributed by atoms with Crippen LogP contribution in [-0.4, -0.2) is 9.13 Å². The molecule has 2 heteroatoms. The molecule has 0 amide bonds. The normalized spacial score (nSPS) is 12.4. The van der Waals surface area contributed by atoms with Crippen molar-refractivity contribution in [1.29, 1.82) is 0 Å². The lowest BCUT2D eigenvalue weighted by Crippen LogP contribution is -2.10. The Balaban J connectivity index is 1.13. The van der Waals surface area contributed by atoms with Gasteiger partial charge in [-0.05, 0) is 111 Å². The lowest BCUT2D eigenvalue weighted by Gasteiger charge is -2.19. The van der Waals surface area contributed by atoms with E-state index in [9.17, 15) is 0 Å². The van der Waals surface area contributed by atoms with Gasteiger partial charge >= 0.3 is 0 Å². The Morgan fingerprint density at radius 1 is 0.308 bits per heavy atom. The topological polar surface area (TPSA) is 9.86 Å². The number of para-hydroxylation sites is 2. The van der Waals surface area contributed by atoms with Gasteiger partial charge in [-0.3, -0.25) is 0 Å². The van der Waals surface area contributed by atoms with Crippen LogP contribution in [0.4, 0.5) is 0 Å². The van der Waals surface area contributed by atoms with Crippen molar-refractivity contribution in [2.45, 2.75) is 52.4 Å². The molecule has 0 aliphatic carbocycles. The minimum absolute atomic E-state index is 0.0848. The lowest BCUT2D eigenvalue weighted by atomic mass is 9.86. The summed E-state index contributed by atoms with van der Waals surface area (Å²) in [5.41, 5.74) is 14.9. The second-order valence-corrected chi connectivity index (χ2v) is 16.4. The van der Waals surface area contributed by atoms with Gasteiger partial charge in [0.2, 0.25) is 0 Å². The molecule has 9 aromatic rings. The molecule has 2 nitrogen and oxygen atoms in total. The van der Waals surface area contributed by atoms with Crippen molar-refractivity contribution in [2.75, 3.05) is 0 Å². The summed E-state index contributed by atoms with van der Waals surface area (Å²) in [7, 11) is 0. The molecular weight excluding hydrogens is 629 g/mol. The molecule has 0 fully saturated rings. The van der Waals surface area contributed by atoms with Crippen molar-refractivity contribution in [1.82, 2.24) is 9.13 Å². The van der Waals surface area contributed by atoms with Gasteiger partial charge in [-0.25, -0.2) is 0 Å². The predicted molar refractivity (Wildman–Crippen MR) is 223 cm³/mol. The van der Waals surface area contributed by atoms with Crippen molar-refractivity contribution in [3.63, 3.8) is 0 Å². The van der Waals surface area contributed by atoms with Crippen LogP contribution in [0.2, 0.25) is 0 Å². The number of nitrogens with zero attached hydrogens (tertiary/aromatic N) is 2. The van der Waals surface area contributed by atoms with Gasteiger partial charge in [0.15, 0.2) is 0 Å². The summed E-state index contributed by atoms with van der Waals surface area (Å²) in [6.07, 6.45) is 0. The largest absolute Gasteiger partial charge is 0.309 e. The van der Waals surface area contributed by atoms with Gasteiger partial charge in [-0.1, -0.05) is 133 Å². The standard InChI is InChI=1S/C50H44N2/c1-49(2,3)37-24-26-47-43(31-37)41-20-7-9-22-45(41)51(47)39-18-12-16-35(29-39)33-14-11-15-34(28-33)36-17-13-19-40(30-36)52-46-23-10-8-21-42(46)44-32-38(50(4,5)6)25-27-48(44)52/h7-32H,1-6H3. The van der Waals surface area contributed by atoms with Crippen LogP contribution in [0.25, 0.3) is 77.2 Å². The molecule has 0 aliphatic rings. The van der Waals surface area contributed by atoms with E-state index in [1.807, 2.05) is 0 Å². The van der Waals surface area contributed by atoms with Crippen LogP contribution < -0.4 is 0 Å². The molecule has 0 atom stereocenters. The molecule has 2 heterocycles. The number of rotatable bonds is 4. The van der Waals surface area contributed by atoms with E-state index >= 15 is 0 Å². The molecule has 0 radical (unpaired) electrons. The molecular formula is C50H44N2. The smallest absolute Gasteiger partial charge is 0.0541 e. The Hall–Kier alpha value is -5.86. The average molecular weight is 673 g/mol. The first-order valence-corrected chi connectivity index (χ1v) is 18.4. The maximum atomic E-state index is 2.42. The van der Waals surface area contributed by atoms with Gasteiger partial charge in [0.1, 0.15) is 0 Å². The van der Waals surface area contributed by atoms with Crippen molar-refractivity contribution in [2.24, 2.45) is 0 Å². The first-order valence-electron chi connectivity index (χ1n) is 18.4. The summed E-state index contributed by atoms with van der Waals surface area (Å²) in [5.74, 6) is 0. The summed E-state index contributed by atoms with van der Waals surface area (Å²) in [4.78, 5) is 0. The van der Waals surface area contributed by atoms with E-state index in [2.05, 4.69) is 208 Å². The zero-order chi connectivity index (χ0) is 35.8. The molecule has 0 saturated heterocycles. The summed E-state index contributed by atoms with van der Waals surface area (Å²) >= 11 is 0. The van der Waals surface area contributed by atoms with E-state index in [1.54, 1.807) is 0 Å². The zero-order valence-electron chi connectivity index (χ0n) is 30.9. The molecule has 0 bridgehead atoms. The van der Waals surface area contributed by atoms with Gasteiger partial charge in [0.25, 0.3) is 0 Å². The molecule has 52 heavy (non-hydrogen) atoms. The van der Waals surface area contributed by atoms with Gasteiger partial charge < -0.3 is 9.13 Å². The molecule has 254 valence electrons. The highest BCUT2D eigenvalue weighted by atomic mass is 15.0. The molecule has 0 unspecified atom stereocenters. The number of benzene rings is 7. The van der Waals surface area contributed by atoms with Crippen LogP contribution in [0.15, 0.2) is 158 Å². The predicted octanol–water partition coefficient (Wildman–Crippen LogP) is 13.8. The van der Waals surface area contributed by atoms with Crippen LogP contribution in [0.1, 0.15) is 52.7 Å². The zero-order valence-corrected chi connectivity index (χ0v) is 30.9. The quantitative estimate of drug-likeness (QED) is 0.176. The molecule has 2 aromatic heterocycles. The number of aromatic nitrogens is 2. The maximum Gasteiger partial charge on any atom is 0.0541 e. The van der Waals surface area contributed by atoms with Crippen molar-refractivity contribution in [3.05, 3.63) is 169 Å². The van der Waals surface area contributed by atoms with E-state index in [0.29, 0.717) is 0 Å². The van der Waals surface area contributed by atoms with E-state index in [-0.39, 0.29) is 10.8 Å². The van der Waals surface area contributed by atoms with Crippen LogP contribution >= 0.6 is 0 Å². The third-order valence-corrected chi connectivity index (χ3v) is 10.8. The highest BCUT2D eigenvalue weighted by Gasteiger charge is 2.20. The Morgan fingerprint density at radius 3 is 1.10 bits per heavy atom. The van der Waals surface area contributed by atoms with E-state index in [4.69, 9.17) is 0 Å². The molecule has 0 aliphatic heterocycles. The first-order chi connectivity index (χ1) is 25.0. The lowest BCUT2D eigenvalue weighted by molar-refractivity contribution is 0.591. The van der Waals surface area contributed by atoms with Crippen LogP contribution in [0, 0.1) is 0 Å². The number of hydrogen-bond donors (Lipinski definition) is 0. The number of fused-ring (bicyclic) bond motifs is 6.